The van der Waals surface area contributed by atoms with Crippen molar-refractivity contribution in [1.29, 1.82) is 0 Å². The Morgan fingerprint density at radius 3 is 2.56 bits per heavy atom. The smallest absolute Gasteiger partial charge is 0.326 e. The van der Waals surface area contributed by atoms with Crippen LogP contribution < -0.4 is 5.32 Å². The Bertz CT molecular complexity index is 652. The van der Waals surface area contributed by atoms with E-state index in [2.05, 4.69) is 5.32 Å². The highest BCUT2D eigenvalue weighted by Crippen LogP contribution is 2.24. The van der Waals surface area contributed by atoms with Crippen molar-refractivity contribution in [3.63, 3.8) is 0 Å². The summed E-state index contributed by atoms with van der Waals surface area (Å²) in [6.07, 6.45) is 1.61. The first-order valence-electron chi connectivity index (χ1n) is 8.30. The van der Waals surface area contributed by atoms with Gasteiger partial charge in [-0.25, -0.2) is 4.79 Å². The van der Waals surface area contributed by atoms with Crippen molar-refractivity contribution >= 4 is 35.0 Å². The van der Waals surface area contributed by atoms with Crippen LogP contribution in [0.3, 0.4) is 0 Å². The van der Waals surface area contributed by atoms with E-state index in [4.69, 9.17) is 4.74 Å². The van der Waals surface area contributed by atoms with E-state index >= 15 is 0 Å². The summed E-state index contributed by atoms with van der Waals surface area (Å²) >= 11 is 1.38. The minimum Gasteiger partial charge on any atom is -0.464 e. The summed E-state index contributed by atoms with van der Waals surface area (Å²) in [6.45, 7) is 3.29. The van der Waals surface area contributed by atoms with Crippen molar-refractivity contribution in [2.75, 3.05) is 13.2 Å². The van der Waals surface area contributed by atoms with E-state index in [9.17, 15) is 19.2 Å². The molecule has 1 saturated heterocycles. The number of urea groups is 1. The number of hydrogen-bond acceptors (Lipinski definition) is 6. The van der Waals surface area contributed by atoms with Gasteiger partial charge in [0.2, 0.25) is 0 Å². The van der Waals surface area contributed by atoms with Gasteiger partial charge in [-0.05, 0) is 30.7 Å². The van der Waals surface area contributed by atoms with Crippen LogP contribution in [0.25, 0.3) is 0 Å². The van der Waals surface area contributed by atoms with Crippen LogP contribution in [-0.4, -0.2) is 47.3 Å². The zero-order valence-corrected chi connectivity index (χ0v) is 15.2. The molecule has 3 amide bonds. The Hall–Kier alpha value is -2.22. The lowest BCUT2D eigenvalue weighted by Gasteiger charge is -2.22. The second-order valence-corrected chi connectivity index (χ2v) is 6.78. The molecular formula is C17H22N2O5S. The standard InChI is InChI=1S/C17H22N2O5S/c1-3-17(4-2)15(22)19(16(23)18-17)11-14(21)24-9-5-7-12(20)13-8-6-10-25-13/h6,8,10H,3-5,7,9,11H2,1-2H3,(H,18,23). The number of ketones is 1. The highest BCUT2D eigenvalue weighted by molar-refractivity contribution is 7.12. The number of hydrogen-bond donors (Lipinski definition) is 1. The first kappa shape index (κ1) is 19.1. The molecule has 2 heterocycles. The molecule has 136 valence electrons. The molecule has 1 aromatic rings. The van der Waals surface area contributed by atoms with Gasteiger partial charge in [0.15, 0.2) is 5.78 Å². The summed E-state index contributed by atoms with van der Waals surface area (Å²) in [4.78, 5) is 49.6. The highest BCUT2D eigenvalue weighted by atomic mass is 32.1. The number of thiophene rings is 1. The SMILES string of the molecule is CCC1(CC)NC(=O)N(CC(=O)OCCCC(=O)c2cccs2)C1=O. The topological polar surface area (TPSA) is 92.8 Å². The van der Waals surface area contributed by atoms with Crippen molar-refractivity contribution < 1.29 is 23.9 Å². The molecule has 0 radical (unpaired) electrons. The molecule has 7 nitrogen and oxygen atoms in total. The summed E-state index contributed by atoms with van der Waals surface area (Å²) in [5.41, 5.74) is -0.926. The fourth-order valence-corrected chi connectivity index (χ4v) is 3.40. The van der Waals surface area contributed by atoms with Gasteiger partial charge < -0.3 is 10.1 Å². The van der Waals surface area contributed by atoms with Crippen molar-refractivity contribution in [3.05, 3.63) is 22.4 Å². The average Bonchev–Trinajstić information content (AvgIpc) is 3.21. The number of carbonyl (C=O) groups is 4. The van der Waals surface area contributed by atoms with Crippen molar-refractivity contribution in [2.45, 2.75) is 45.1 Å². The summed E-state index contributed by atoms with van der Waals surface area (Å²) in [6, 6.07) is 2.99. The highest BCUT2D eigenvalue weighted by Gasteiger charge is 2.49. The summed E-state index contributed by atoms with van der Waals surface area (Å²) in [5, 5.41) is 4.49. The molecule has 0 aliphatic carbocycles. The summed E-state index contributed by atoms with van der Waals surface area (Å²) in [5.74, 6) is -1.04. The van der Waals surface area contributed by atoms with Crippen molar-refractivity contribution in [2.24, 2.45) is 0 Å². The molecule has 0 unspecified atom stereocenters. The Labute approximate surface area is 150 Å². The van der Waals surface area contributed by atoms with E-state index in [-0.39, 0.29) is 18.8 Å². The lowest BCUT2D eigenvalue weighted by molar-refractivity contribution is -0.147. The van der Waals surface area contributed by atoms with E-state index in [0.29, 0.717) is 24.1 Å². The maximum atomic E-state index is 12.4. The molecule has 1 aliphatic rings. The van der Waals surface area contributed by atoms with E-state index in [1.807, 2.05) is 25.3 Å². The number of nitrogens with one attached hydrogen (secondary N) is 1. The fraction of sp³-hybridized carbons (Fsp3) is 0.529. The number of esters is 1. The average molecular weight is 366 g/mol. The van der Waals surface area contributed by atoms with Gasteiger partial charge in [0.25, 0.3) is 5.91 Å². The molecular weight excluding hydrogens is 344 g/mol. The molecule has 0 bridgehead atoms. The zero-order chi connectivity index (χ0) is 18.4. The Morgan fingerprint density at radius 1 is 1.28 bits per heavy atom. The first-order valence-corrected chi connectivity index (χ1v) is 9.18. The summed E-state index contributed by atoms with van der Waals surface area (Å²) in [7, 11) is 0. The van der Waals surface area contributed by atoms with Crippen molar-refractivity contribution in [1.82, 2.24) is 10.2 Å². The lowest BCUT2D eigenvalue weighted by atomic mass is 9.93. The van der Waals surface area contributed by atoms with Gasteiger partial charge in [0.1, 0.15) is 12.1 Å². The predicted molar refractivity (Wildman–Crippen MR) is 92.4 cm³/mol. The second-order valence-electron chi connectivity index (χ2n) is 5.84. The largest absolute Gasteiger partial charge is 0.464 e. The number of amides is 3. The molecule has 1 fully saturated rings. The molecule has 0 saturated carbocycles. The first-order chi connectivity index (χ1) is 11.9. The van der Waals surface area contributed by atoms with Crippen LogP contribution in [0.1, 0.15) is 49.2 Å². The van der Waals surface area contributed by atoms with Crippen LogP contribution in [0.2, 0.25) is 0 Å². The predicted octanol–water partition coefficient (Wildman–Crippen LogP) is 2.36. The second kappa shape index (κ2) is 8.24. The maximum absolute atomic E-state index is 12.4. The molecule has 25 heavy (non-hydrogen) atoms. The molecule has 1 N–H and O–H groups in total. The van der Waals surface area contributed by atoms with E-state index in [1.54, 1.807) is 6.07 Å². The minimum absolute atomic E-state index is 0.0100. The fourth-order valence-electron chi connectivity index (χ4n) is 2.70. The van der Waals surface area contributed by atoms with Crippen LogP contribution >= 0.6 is 11.3 Å². The van der Waals surface area contributed by atoms with Gasteiger partial charge in [-0.3, -0.25) is 19.3 Å². The summed E-state index contributed by atoms with van der Waals surface area (Å²) < 4.78 is 5.04. The Kier molecular flexibility index (Phi) is 6.30. The molecule has 1 aliphatic heterocycles. The lowest BCUT2D eigenvalue weighted by Crippen LogP contribution is -2.46. The van der Waals surface area contributed by atoms with Gasteiger partial charge >= 0.3 is 12.0 Å². The van der Waals surface area contributed by atoms with E-state index in [1.165, 1.54) is 11.3 Å². The van der Waals surface area contributed by atoms with Crippen LogP contribution in [0, 0.1) is 0 Å². The number of nitrogens with zero attached hydrogens (tertiary/aromatic N) is 1. The minimum atomic E-state index is -0.926. The number of rotatable bonds is 9. The third-order valence-electron chi connectivity index (χ3n) is 4.35. The monoisotopic (exact) mass is 366 g/mol. The van der Waals surface area contributed by atoms with Gasteiger partial charge in [-0.2, -0.15) is 0 Å². The maximum Gasteiger partial charge on any atom is 0.326 e. The third kappa shape index (κ3) is 4.25. The molecule has 1 aromatic heterocycles. The zero-order valence-electron chi connectivity index (χ0n) is 14.4. The molecule has 0 aromatic carbocycles. The number of carbonyl (C=O) groups excluding carboxylic acids is 4. The number of imide groups is 1. The van der Waals surface area contributed by atoms with Gasteiger partial charge in [0.05, 0.1) is 11.5 Å². The van der Waals surface area contributed by atoms with Gasteiger partial charge in [-0.15, -0.1) is 11.3 Å². The Balaban J connectivity index is 1.76. The van der Waals surface area contributed by atoms with Crippen LogP contribution in [0.4, 0.5) is 4.79 Å². The van der Waals surface area contributed by atoms with Gasteiger partial charge in [0, 0.05) is 6.42 Å². The van der Waals surface area contributed by atoms with Crippen molar-refractivity contribution in [3.8, 4) is 0 Å². The molecule has 2 rings (SSSR count). The van der Waals surface area contributed by atoms with Crippen LogP contribution in [0.5, 0.6) is 0 Å². The number of ether oxygens (including phenoxy) is 1. The van der Waals surface area contributed by atoms with E-state index in [0.717, 1.165) is 4.90 Å². The van der Waals surface area contributed by atoms with E-state index < -0.39 is 30.0 Å². The van der Waals surface area contributed by atoms with Crippen LogP contribution in [0.15, 0.2) is 17.5 Å². The molecule has 8 heteroatoms. The molecule has 0 spiro atoms. The van der Waals surface area contributed by atoms with Crippen LogP contribution in [-0.2, 0) is 14.3 Å². The van der Waals surface area contributed by atoms with Gasteiger partial charge in [-0.1, -0.05) is 19.9 Å². The normalized spacial score (nSPS) is 16.0. The Morgan fingerprint density at radius 2 is 2.00 bits per heavy atom. The third-order valence-corrected chi connectivity index (χ3v) is 5.26. The number of Topliss-reactive ketones (excluding diaryl/α,β-unsaturated/α-hetero) is 1. The quantitative estimate of drug-likeness (QED) is 0.313. The molecule has 0 atom stereocenters.